The van der Waals surface area contributed by atoms with Gasteiger partial charge in [0.25, 0.3) is 5.89 Å². The maximum absolute atomic E-state index is 5.72. The molecule has 6 heteroatoms. The zero-order chi connectivity index (χ0) is 12.5. The van der Waals surface area contributed by atoms with Crippen molar-refractivity contribution < 1.29 is 4.42 Å². The molecule has 0 bridgehead atoms. The minimum Gasteiger partial charge on any atom is -0.419 e. The summed E-state index contributed by atoms with van der Waals surface area (Å²) in [7, 11) is 2.11. The number of rotatable bonds is 2. The molecule has 1 unspecified atom stereocenters. The van der Waals surface area contributed by atoms with Gasteiger partial charge in [-0.05, 0) is 13.0 Å². The van der Waals surface area contributed by atoms with Crippen LogP contribution in [0.15, 0.2) is 23.0 Å². The van der Waals surface area contributed by atoms with Gasteiger partial charge in [-0.2, -0.15) is 0 Å². The first-order valence-corrected chi connectivity index (χ1v) is 6.02. The second-order valence-corrected chi connectivity index (χ2v) is 4.84. The summed E-state index contributed by atoms with van der Waals surface area (Å²) in [5.74, 6) is 1.99. The number of aromatic nitrogens is 4. The van der Waals surface area contributed by atoms with Crippen LogP contribution in [0.3, 0.4) is 0 Å². The van der Waals surface area contributed by atoms with Crippen molar-refractivity contribution in [1.29, 1.82) is 0 Å². The molecule has 1 saturated heterocycles. The minimum atomic E-state index is 0.313. The molecule has 18 heavy (non-hydrogen) atoms. The number of likely N-dealkylation sites (N-methyl/N-ethyl adjacent to an activating group) is 1. The zero-order valence-corrected chi connectivity index (χ0v) is 10.4. The third-order valence-corrected chi connectivity index (χ3v) is 3.34. The van der Waals surface area contributed by atoms with Crippen molar-refractivity contribution in [3.05, 3.63) is 24.5 Å². The van der Waals surface area contributed by atoms with E-state index >= 15 is 0 Å². The van der Waals surface area contributed by atoms with Crippen LogP contribution in [-0.4, -0.2) is 45.2 Å². The van der Waals surface area contributed by atoms with E-state index in [9.17, 15) is 0 Å². The Balaban J connectivity index is 1.86. The number of likely N-dealkylation sites (tertiary alicyclic amines) is 1. The van der Waals surface area contributed by atoms with Gasteiger partial charge in [0.1, 0.15) is 5.69 Å². The summed E-state index contributed by atoms with van der Waals surface area (Å²) in [6, 6.07) is 0. The van der Waals surface area contributed by atoms with Crippen molar-refractivity contribution in [3.8, 4) is 11.6 Å². The lowest BCUT2D eigenvalue weighted by Gasteiger charge is -2.07. The SMILES string of the molecule is CC1CN(C)C[C@H]1c1nnc(-c2cnccn2)o1. The molecule has 1 fully saturated rings. The molecule has 0 saturated carbocycles. The van der Waals surface area contributed by atoms with Crippen molar-refractivity contribution in [1.82, 2.24) is 25.1 Å². The maximum Gasteiger partial charge on any atom is 0.267 e. The Labute approximate surface area is 105 Å². The Bertz CT molecular complexity index is 526. The maximum atomic E-state index is 5.72. The van der Waals surface area contributed by atoms with E-state index in [0.717, 1.165) is 13.1 Å². The van der Waals surface area contributed by atoms with Crippen LogP contribution in [0.1, 0.15) is 18.7 Å². The summed E-state index contributed by atoms with van der Waals surface area (Å²) in [5, 5.41) is 8.20. The van der Waals surface area contributed by atoms with Crippen molar-refractivity contribution in [2.45, 2.75) is 12.8 Å². The molecular weight excluding hydrogens is 230 g/mol. The molecule has 1 aliphatic heterocycles. The third kappa shape index (κ3) is 1.99. The van der Waals surface area contributed by atoms with Gasteiger partial charge in [0.15, 0.2) is 0 Å². The molecule has 0 aliphatic carbocycles. The summed E-state index contributed by atoms with van der Waals surface area (Å²) in [6.07, 6.45) is 4.86. The van der Waals surface area contributed by atoms with Crippen LogP contribution in [0.2, 0.25) is 0 Å². The van der Waals surface area contributed by atoms with E-state index in [4.69, 9.17) is 4.42 Å². The van der Waals surface area contributed by atoms with Crippen LogP contribution in [-0.2, 0) is 0 Å². The van der Waals surface area contributed by atoms with Gasteiger partial charge in [-0.15, -0.1) is 10.2 Å². The normalized spacial score (nSPS) is 24.6. The highest BCUT2D eigenvalue weighted by molar-refractivity contribution is 5.43. The quantitative estimate of drug-likeness (QED) is 0.791. The summed E-state index contributed by atoms with van der Waals surface area (Å²) in [5.41, 5.74) is 0.621. The van der Waals surface area contributed by atoms with Gasteiger partial charge in [0.05, 0.1) is 12.1 Å². The van der Waals surface area contributed by atoms with E-state index in [1.54, 1.807) is 18.6 Å². The predicted octanol–water partition coefficient (Wildman–Crippen LogP) is 1.19. The van der Waals surface area contributed by atoms with Gasteiger partial charge in [0, 0.05) is 25.5 Å². The highest BCUT2D eigenvalue weighted by atomic mass is 16.4. The lowest BCUT2D eigenvalue weighted by Crippen LogP contribution is -2.13. The summed E-state index contributed by atoms with van der Waals surface area (Å²) in [6.45, 7) is 4.23. The fourth-order valence-corrected chi connectivity index (χ4v) is 2.43. The molecule has 2 aromatic rings. The largest absolute Gasteiger partial charge is 0.419 e. The molecular formula is C12H15N5O. The van der Waals surface area contributed by atoms with Gasteiger partial charge >= 0.3 is 0 Å². The van der Waals surface area contributed by atoms with Gasteiger partial charge < -0.3 is 9.32 Å². The van der Waals surface area contributed by atoms with E-state index in [1.165, 1.54) is 0 Å². The summed E-state index contributed by atoms with van der Waals surface area (Å²) >= 11 is 0. The molecule has 3 rings (SSSR count). The Morgan fingerprint density at radius 3 is 2.83 bits per heavy atom. The smallest absolute Gasteiger partial charge is 0.267 e. The molecule has 1 aliphatic rings. The lowest BCUT2D eigenvalue weighted by molar-refractivity contribution is 0.393. The van der Waals surface area contributed by atoms with Crippen molar-refractivity contribution >= 4 is 0 Å². The summed E-state index contributed by atoms with van der Waals surface area (Å²) in [4.78, 5) is 10.4. The zero-order valence-electron chi connectivity index (χ0n) is 10.4. The van der Waals surface area contributed by atoms with E-state index in [0.29, 0.717) is 29.3 Å². The molecule has 3 heterocycles. The Kier molecular flexibility index (Phi) is 2.79. The molecule has 0 amide bonds. The average Bonchev–Trinajstić information content (AvgIpc) is 2.97. The van der Waals surface area contributed by atoms with E-state index in [1.807, 2.05) is 0 Å². The van der Waals surface area contributed by atoms with Crippen LogP contribution < -0.4 is 0 Å². The highest BCUT2D eigenvalue weighted by Gasteiger charge is 2.32. The highest BCUT2D eigenvalue weighted by Crippen LogP contribution is 2.31. The first kappa shape index (κ1) is 11.3. The average molecular weight is 245 g/mol. The van der Waals surface area contributed by atoms with Gasteiger partial charge in [0.2, 0.25) is 5.89 Å². The molecule has 0 aromatic carbocycles. The van der Waals surface area contributed by atoms with Gasteiger partial charge in [-0.3, -0.25) is 4.98 Å². The Hall–Kier alpha value is -1.82. The Morgan fingerprint density at radius 1 is 1.28 bits per heavy atom. The van der Waals surface area contributed by atoms with E-state index in [2.05, 4.69) is 39.0 Å². The lowest BCUT2D eigenvalue weighted by atomic mass is 9.98. The first-order valence-electron chi connectivity index (χ1n) is 6.02. The van der Waals surface area contributed by atoms with Crippen LogP contribution in [0.5, 0.6) is 0 Å². The van der Waals surface area contributed by atoms with Crippen LogP contribution >= 0.6 is 0 Å². The first-order chi connectivity index (χ1) is 8.74. The van der Waals surface area contributed by atoms with Gasteiger partial charge in [-0.1, -0.05) is 6.92 Å². The van der Waals surface area contributed by atoms with Crippen LogP contribution in [0.4, 0.5) is 0 Å². The van der Waals surface area contributed by atoms with Crippen LogP contribution in [0, 0.1) is 5.92 Å². The molecule has 0 radical (unpaired) electrons. The van der Waals surface area contributed by atoms with Crippen molar-refractivity contribution in [2.24, 2.45) is 5.92 Å². The Morgan fingerprint density at radius 2 is 2.17 bits per heavy atom. The van der Waals surface area contributed by atoms with Crippen molar-refractivity contribution in [3.63, 3.8) is 0 Å². The molecule has 94 valence electrons. The van der Waals surface area contributed by atoms with E-state index < -0.39 is 0 Å². The minimum absolute atomic E-state index is 0.313. The molecule has 2 atom stereocenters. The molecule has 0 N–H and O–H groups in total. The molecule has 2 aromatic heterocycles. The predicted molar refractivity (Wildman–Crippen MR) is 64.7 cm³/mol. The van der Waals surface area contributed by atoms with E-state index in [-0.39, 0.29) is 0 Å². The monoisotopic (exact) mass is 245 g/mol. The number of nitrogens with zero attached hydrogens (tertiary/aromatic N) is 5. The standard InChI is InChI=1S/C12H15N5O/c1-8-6-17(2)7-9(8)11-15-16-12(18-11)10-5-13-3-4-14-10/h3-5,8-9H,6-7H2,1-2H3/t8?,9-/m1/s1. The topological polar surface area (TPSA) is 67.9 Å². The molecule has 6 nitrogen and oxygen atoms in total. The number of hydrogen-bond donors (Lipinski definition) is 0. The van der Waals surface area contributed by atoms with Crippen molar-refractivity contribution in [2.75, 3.05) is 20.1 Å². The second kappa shape index (κ2) is 4.45. The fourth-order valence-electron chi connectivity index (χ4n) is 2.43. The number of hydrogen-bond acceptors (Lipinski definition) is 6. The molecule has 0 spiro atoms. The summed E-state index contributed by atoms with van der Waals surface area (Å²) < 4.78 is 5.72. The van der Waals surface area contributed by atoms with Gasteiger partial charge in [-0.25, -0.2) is 4.98 Å². The fraction of sp³-hybridized carbons (Fsp3) is 0.500. The van der Waals surface area contributed by atoms with Crippen LogP contribution in [0.25, 0.3) is 11.6 Å². The second-order valence-electron chi connectivity index (χ2n) is 4.84. The third-order valence-electron chi connectivity index (χ3n) is 3.34.